The summed E-state index contributed by atoms with van der Waals surface area (Å²) in [4.78, 5) is 17.6. The molecule has 20 heavy (non-hydrogen) atoms. The molecule has 2 aromatic heterocycles. The van der Waals surface area contributed by atoms with Gasteiger partial charge in [0.1, 0.15) is 5.82 Å². The Hall–Kier alpha value is -1.91. The van der Waals surface area contributed by atoms with Crippen molar-refractivity contribution in [2.45, 2.75) is 6.54 Å². The Morgan fingerprint density at radius 3 is 2.75 bits per heavy atom. The summed E-state index contributed by atoms with van der Waals surface area (Å²) in [5.74, 6) is 0.861. The molecule has 0 radical (unpaired) electrons. The van der Waals surface area contributed by atoms with Crippen molar-refractivity contribution in [3.8, 4) is 10.7 Å². The number of carbonyl (C=O) groups is 1. The van der Waals surface area contributed by atoms with Crippen LogP contribution in [0, 0.1) is 0 Å². The number of ketones is 1. The summed E-state index contributed by atoms with van der Waals surface area (Å²) >= 11 is 7.43. The highest BCUT2D eigenvalue weighted by molar-refractivity contribution is 7.13. The number of thiophene rings is 1. The van der Waals surface area contributed by atoms with Crippen molar-refractivity contribution in [1.82, 2.24) is 9.55 Å². The zero-order valence-electron chi connectivity index (χ0n) is 10.5. The van der Waals surface area contributed by atoms with Crippen molar-refractivity contribution in [3.05, 3.63) is 64.8 Å². The minimum atomic E-state index is 0.0393. The molecule has 5 heteroatoms. The van der Waals surface area contributed by atoms with Crippen molar-refractivity contribution in [1.29, 1.82) is 0 Å². The van der Waals surface area contributed by atoms with Crippen LogP contribution in [0.4, 0.5) is 0 Å². The fraction of sp³-hybridized carbons (Fsp3) is 0.0667. The number of hydrogen-bond donors (Lipinski definition) is 0. The molecule has 0 spiro atoms. The Balaban J connectivity index is 1.83. The van der Waals surface area contributed by atoms with E-state index in [1.807, 2.05) is 28.3 Å². The highest BCUT2D eigenvalue weighted by Gasteiger charge is 2.11. The molecule has 3 nitrogen and oxygen atoms in total. The van der Waals surface area contributed by atoms with E-state index in [4.69, 9.17) is 11.6 Å². The monoisotopic (exact) mass is 302 g/mol. The van der Waals surface area contributed by atoms with Crippen LogP contribution in [0.15, 0.2) is 54.2 Å². The van der Waals surface area contributed by atoms with Gasteiger partial charge in [-0.2, -0.15) is 0 Å². The number of carbonyl (C=O) groups excluding carboxylic acids is 1. The molecule has 2 heterocycles. The van der Waals surface area contributed by atoms with Crippen LogP contribution in [-0.4, -0.2) is 15.3 Å². The highest BCUT2D eigenvalue weighted by Crippen LogP contribution is 2.23. The Morgan fingerprint density at radius 1 is 1.25 bits per heavy atom. The second-order valence-electron chi connectivity index (χ2n) is 4.29. The van der Waals surface area contributed by atoms with Crippen molar-refractivity contribution >= 4 is 28.7 Å². The quantitative estimate of drug-likeness (QED) is 0.679. The molecule has 1 aromatic carbocycles. The molecule has 0 atom stereocenters. The topological polar surface area (TPSA) is 34.9 Å². The van der Waals surface area contributed by atoms with Crippen LogP contribution in [0.3, 0.4) is 0 Å². The predicted molar refractivity (Wildman–Crippen MR) is 81.3 cm³/mol. The normalized spacial score (nSPS) is 10.7. The molecule has 100 valence electrons. The van der Waals surface area contributed by atoms with Gasteiger partial charge in [0.05, 0.1) is 11.4 Å². The first kappa shape index (κ1) is 13.1. The standard InChI is InChI=1S/C15H11ClN2OS/c16-12-5-3-11(4-6-12)13(19)10-18-8-7-17-15(18)14-2-1-9-20-14/h1-9H,10H2. The van der Waals surface area contributed by atoms with E-state index in [0.717, 1.165) is 10.7 Å². The summed E-state index contributed by atoms with van der Waals surface area (Å²) in [7, 11) is 0. The van der Waals surface area contributed by atoms with Crippen molar-refractivity contribution in [3.63, 3.8) is 0 Å². The lowest BCUT2D eigenvalue weighted by Gasteiger charge is -2.06. The number of halogens is 1. The van der Waals surface area contributed by atoms with E-state index in [1.54, 1.807) is 41.8 Å². The lowest BCUT2D eigenvalue weighted by Crippen LogP contribution is -2.10. The van der Waals surface area contributed by atoms with Gasteiger partial charge in [-0.1, -0.05) is 17.7 Å². The fourth-order valence-electron chi connectivity index (χ4n) is 1.95. The third-order valence-corrected chi connectivity index (χ3v) is 4.05. The molecular formula is C15H11ClN2OS. The Morgan fingerprint density at radius 2 is 2.05 bits per heavy atom. The molecule has 0 aliphatic rings. The van der Waals surface area contributed by atoms with Gasteiger partial charge in [-0.15, -0.1) is 11.3 Å². The zero-order valence-corrected chi connectivity index (χ0v) is 12.1. The molecule has 0 aliphatic heterocycles. The van der Waals surface area contributed by atoms with Crippen LogP contribution in [0.2, 0.25) is 5.02 Å². The summed E-state index contributed by atoms with van der Waals surface area (Å²) in [5.41, 5.74) is 0.653. The third-order valence-electron chi connectivity index (χ3n) is 2.94. The van der Waals surface area contributed by atoms with Crippen molar-refractivity contribution in [2.75, 3.05) is 0 Å². The maximum absolute atomic E-state index is 12.3. The van der Waals surface area contributed by atoms with Gasteiger partial charge < -0.3 is 4.57 Å². The van der Waals surface area contributed by atoms with Crippen LogP contribution < -0.4 is 0 Å². The number of nitrogens with zero attached hydrogens (tertiary/aromatic N) is 2. The van der Waals surface area contributed by atoms with E-state index in [2.05, 4.69) is 4.98 Å². The van der Waals surface area contributed by atoms with Crippen LogP contribution in [0.1, 0.15) is 10.4 Å². The molecule has 3 aromatic rings. The van der Waals surface area contributed by atoms with E-state index in [0.29, 0.717) is 10.6 Å². The average molecular weight is 303 g/mol. The number of hydrogen-bond acceptors (Lipinski definition) is 3. The van der Waals surface area contributed by atoms with E-state index < -0.39 is 0 Å². The van der Waals surface area contributed by atoms with Gasteiger partial charge in [0.2, 0.25) is 0 Å². The largest absolute Gasteiger partial charge is 0.323 e. The predicted octanol–water partition coefficient (Wildman–Crippen LogP) is 4.15. The van der Waals surface area contributed by atoms with E-state index in [9.17, 15) is 4.79 Å². The Labute approximate surface area is 125 Å². The Kier molecular flexibility index (Phi) is 3.67. The minimum Gasteiger partial charge on any atom is -0.323 e. The second kappa shape index (κ2) is 5.61. The lowest BCUT2D eigenvalue weighted by atomic mass is 10.1. The maximum atomic E-state index is 12.3. The number of rotatable bonds is 4. The van der Waals surface area contributed by atoms with Crippen LogP contribution in [0.25, 0.3) is 10.7 Å². The Bertz CT molecular complexity index is 717. The molecule has 0 amide bonds. The van der Waals surface area contributed by atoms with E-state index in [1.165, 1.54) is 0 Å². The molecule has 0 saturated heterocycles. The first-order valence-corrected chi connectivity index (χ1v) is 7.33. The molecule has 0 aliphatic carbocycles. The SMILES string of the molecule is O=C(Cn1ccnc1-c1cccs1)c1ccc(Cl)cc1. The summed E-state index contributed by atoms with van der Waals surface area (Å²) in [5, 5.41) is 2.62. The van der Waals surface area contributed by atoms with Gasteiger partial charge in [-0.25, -0.2) is 4.98 Å². The van der Waals surface area contributed by atoms with Gasteiger partial charge in [-0.3, -0.25) is 4.79 Å². The first-order chi connectivity index (χ1) is 9.74. The molecule has 0 bridgehead atoms. The maximum Gasteiger partial charge on any atom is 0.182 e. The van der Waals surface area contributed by atoms with Crippen LogP contribution in [0.5, 0.6) is 0 Å². The highest BCUT2D eigenvalue weighted by atomic mass is 35.5. The lowest BCUT2D eigenvalue weighted by molar-refractivity contribution is 0.0972. The van der Waals surface area contributed by atoms with Crippen LogP contribution >= 0.6 is 22.9 Å². The number of imidazole rings is 1. The summed E-state index contributed by atoms with van der Waals surface area (Å²) < 4.78 is 1.86. The average Bonchev–Trinajstić information content (AvgIpc) is 3.09. The van der Waals surface area contributed by atoms with Crippen LogP contribution in [-0.2, 0) is 6.54 Å². The molecule has 0 saturated carbocycles. The summed E-state index contributed by atoms with van der Waals surface area (Å²) in [6, 6.07) is 10.9. The van der Waals surface area contributed by atoms with E-state index >= 15 is 0 Å². The molecule has 3 rings (SSSR count). The molecular weight excluding hydrogens is 292 g/mol. The fourth-order valence-corrected chi connectivity index (χ4v) is 2.81. The van der Waals surface area contributed by atoms with Gasteiger partial charge in [0, 0.05) is 23.0 Å². The van der Waals surface area contributed by atoms with Gasteiger partial charge in [-0.05, 0) is 35.7 Å². The summed E-state index contributed by atoms with van der Waals surface area (Å²) in [6.07, 6.45) is 3.53. The van der Waals surface area contributed by atoms with E-state index in [-0.39, 0.29) is 12.3 Å². The minimum absolute atomic E-state index is 0.0393. The zero-order chi connectivity index (χ0) is 13.9. The van der Waals surface area contributed by atoms with Gasteiger partial charge in [0.15, 0.2) is 5.78 Å². The number of Topliss-reactive ketones (excluding diaryl/α,β-unsaturated/α-hetero) is 1. The smallest absolute Gasteiger partial charge is 0.182 e. The molecule has 0 fully saturated rings. The van der Waals surface area contributed by atoms with Crippen molar-refractivity contribution in [2.24, 2.45) is 0 Å². The molecule has 0 N–H and O–H groups in total. The number of aromatic nitrogens is 2. The first-order valence-electron chi connectivity index (χ1n) is 6.08. The third kappa shape index (κ3) is 2.66. The summed E-state index contributed by atoms with van der Waals surface area (Å²) in [6.45, 7) is 0.273. The van der Waals surface area contributed by atoms with Gasteiger partial charge >= 0.3 is 0 Å². The second-order valence-corrected chi connectivity index (χ2v) is 5.67. The van der Waals surface area contributed by atoms with Crippen molar-refractivity contribution < 1.29 is 4.79 Å². The number of benzene rings is 1. The molecule has 0 unspecified atom stereocenters. The van der Waals surface area contributed by atoms with Gasteiger partial charge in [0.25, 0.3) is 0 Å².